The molecule has 0 spiro atoms. The molecule has 0 saturated heterocycles. The van der Waals surface area contributed by atoms with Gasteiger partial charge in [0.25, 0.3) is 5.91 Å². The third-order valence-corrected chi connectivity index (χ3v) is 5.42. The van der Waals surface area contributed by atoms with E-state index in [1.807, 2.05) is 35.0 Å². The minimum absolute atomic E-state index is 0.180. The summed E-state index contributed by atoms with van der Waals surface area (Å²) in [7, 11) is 1.55. The molecule has 24 heavy (non-hydrogen) atoms. The first kappa shape index (κ1) is 16.7. The van der Waals surface area contributed by atoms with E-state index in [0.29, 0.717) is 17.9 Å². The first-order chi connectivity index (χ1) is 11.7. The predicted octanol–water partition coefficient (Wildman–Crippen LogP) is 3.83. The highest BCUT2D eigenvalue weighted by Gasteiger charge is 2.15. The fourth-order valence-electron chi connectivity index (χ4n) is 2.33. The lowest BCUT2D eigenvalue weighted by atomic mass is 10.1. The maximum absolute atomic E-state index is 12.3. The number of carbonyl (C=O) groups excluding carboxylic acids is 1. The van der Waals surface area contributed by atoms with Gasteiger partial charge in [-0.2, -0.15) is 11.3 Å². The van der Waals surface area contributed by atoms with E-state index in [4.69, 9.17) is 4.74 Å². The summed E-state index contributed by atoms with van der Waals surface area (Å²) in [4.78, 5) is 14.1. The van der Waals surface area contributed by atoms with Crippen LogP contribution in [0.15, 0.2) is 53.2 Å². The smallest absolute Gasteiger partial charge is 0.255 e. The summed E-state index contributed by atoms with van der Waals surface area (Å²) < 4.78 is 5.21. The van der Waals surface area contributed by atoms with Crippen LogP contribution in [0.25, 0.3) is 0 Å². The number of nitrogens with one attached hydrogen (secondary N) is 1. The normalized spacial score (nSPS) is 11.9. The lowest BCUT2D eigenvalue weighted by Crippen LogP contribution is -2.22. The molecule has 3 aromatic rings. The summed E-state index contributed by atoms with van der Waals surface area (Å²) in [5.41, 5.74) is 1.40. The number of aliphatic hydroxyl groups is 1. The molecule has 3 rings (SSSR count). The van der Waals surface area contributed by atoms with E-state index in [-0.39, 0.29) is 5.91 Å². The third-order valence-electron chi connectivity index (χ3n) is 3.59. The average Bonchev–Trinajstić information content (AvgIpc) is 3.30. The lowest BCUT2D eigenvalue weighted by Gasteiger charge is -2.08. The summed E-state index contributed by atoms with van der Waals surface area (Å²) >= 11 is 3.06. The zero-order chi connectivity index (χ0) is 16.9. The number of para-hydroxylation sites is 1. The molecule has 0 aliphatic heterocycles. The van der Waals surface area contributed by atoms with E-state index < -0.39 is 6.10 Å². The van der Waals surface area contributed by atoms with Crippen LogP contribution in [0.1, 0.15) is 31.8 Å². The Morgan fingerprint density at radius 3 is 2.83 bits per heavy atom. The SMILES string of the molecule is COc1ccccc1C(=O)NCc1ccc(C(O)c2ccsc2)s1. The average molecular weight is 359 g/mol. The highest BCUT2D eigenvalue weighted by molar-refractivity contribution is 7.12. The number of thiophene rings is 2. The van der Waals surface area contributed by atoms with Gasteiger partial charge in [-0.3, -0.25) is 4.79 Å². The van der Waals surface area contributed by atoms with E-state index in [2.05, 4.69) is 5.32 Å². The van der Waals surface area contributed by atoms with Crippen molar-refractivity contribution in [3.8, 4) is 5.75 Å². The highest BCUT2D eigenvalue weighted by Crippen LogP contribution is 2.29. The van der Waals surface area contributed by atoms with Gasteiger partial charge >= 0.3 is 0 Å². The van der Waals surface area contributed by atoms with Gasteiger partial charge in [0.15, 0.2) is 0 Å². The van der Waals surface area contributed by atoms with Crippen molar-refractivity contribution in [2.75, 3.05) is 7.11 Å². The largest absolute Gasteiger partial charge is 0.496 e. The quantitative estimate of drug-likeness (QED) is 0.703. The van der Waals surface area contributed by atoms with Crippen LogP contribution >= 0.6 is 22.7 Å². The Morgan fingerprint density at radius 2 is 2.08 bits per heavy atom. The van der Waals surface area contributed by atoms with Gasteiger partial charge in [0.05, 0.1) is 19.2 Å². The van der Waals surface area contributed by atoms with E-state index in [1.165, 1.54) is 11.3 Å². The Hall–Kier alpha value is -2.15. The van der Waals surface area contributed by atoms with Crippen LogP contribution in [0.3, 0.4) is 0 Å². The van der Waals surface area contributed by atoms with E-state index in [0.717, 1.165) is 15.3 Å². The molecule has 0 aliphatic carbocycles. The fraction of sp³-hybridized carbons (Fsp3) is 0.167. The molecule has 0 radical (unpaired) electrons. The molecule has 2 heterocycles. The number of hydrogen-bond acceptors (Lipinski definition) is 5. The maximum atomic E-state index is 12.3. The highest BCUT2D eigenvalue weighted by atomic mass is 32.1. The van der Waals surface area contributed by atoms with Crippen molar-refractivity contribution in [1.82, 2.24) is 5.32 Å². The van der Waals surface area contributed by atoms with Crippen molar-refractivity contribution < 1.29 is 14.6 Å². The summed E-state index contributed by atoms with van der Waals surface area (Å²) in [5, 5.41) is 17.1. The third kappa shape index (κ3) is 3.67. The summed E-state index contributed by atoms with van der Waals surface area (Å²) in [5.74, 6) is 0.371. The number of carbonyl (C=O) groups is 1. The second-order valence-electron chi connectivity index (χ2n) is 5.15. The molecule has 2 N–H and O–H groups in total. The number of benzene rings is 1. The van der Waals surface area contributed by atoms with Crippen LogP contribution in [0.5, 0.6) is 5.75 Å². The Balaban J connectivity index is 1.64. The zero-order valence-corrected chi connectivity index (χ0v) is 14.7. The molecular formula is C18H17NO3S2. The van der Waals surface area contributed by atoms with Gasteiger partial charge in [-0.05, 0) is 46.7 Å². The number of amides is 1. The zero-order valence-electron chi connectivity index (χ0n) is 13.1. The van der Waals surface area contributed by atoms with Crippen LogP contribution in [0.2, 0.25) is 0 Å². The molecule has 1 amide bonds. The van der Waals surface area contributed by atoms with Gasteiger partial charge in [0.2, 0.25) is 0 Å². The van der Waals surface area contributed by atoms with Crippen molar-refractivity contribution in [2.24, 2.45) is 0 Å². The van der Waals surface area contributed by atoms with Crippen LogP contribution in [0.4, 0.5) is 0 Å². The monoisotopic (exact) mass is 359 g/mol. The van der Waals surface area contributed by atoms with Crippen LogP contribution in [-0.2, 0) is 6.54 Å². The number of ether oxygens (including phenoxy) is 1. The van der Waals surface area contributed by atoms with E-state index >= 15 is 0 Å². The van der Waals surface area contributed by atoms with Crippen LogP contribution in [0, 0.1) is 0 Å². The van der Waals surface area contributed by atoms with Gasteiger partial charge in [-0.25, -0.2) is 0 Å². The fourth-order valence-corrected chi connectivity index (χ4v) is 3.97. The Morgan fingerprint density at radius 1 is 1.25 bits per heavy atom. The second-order valence-corrected chi connectivity index (χ2v) is 7.13. The molecule has 6 heteroatoms. The topological polar surface area (TPSA) is 58.6 Å². The second kappa shape index (κ2) is 7.61. The molecular weight excluding hydrogens is 342 g/mol. The van der Waals surface area contributed by atoms with Crippen LogP contribution < -0.4 is 10.1 Å². The van der Waals surface area contributed by atoms with E-state index in [1.54, 1.807) is 36.6 Å². The standard InChI is InChI=1S/C18H17NO3S2/c1-22-15-5-3-2-4-14(15)18(21)19-10-13-6-7-16(24-13)17(20)12-8-9-23-11-12/h2-9,11,17,20H,10H2,1H3,(H,19,21). The molecule has 0 bridgehead atoms. The first-order valence-corrected chi connectivity index (χ1v) is 9.15. The molecule has 1 atom stereocenters. The van der Waals surface area contributed by atoms with Crippen LogP contribution in [-0.4, -0.2) is 18.1 Å². The van der Waals surface area contributed by atoms with Gasteiger partial charge in [-0.15, -0.1) is 11.3 Å². The van der Waals surface area contributed by atoms with Gasteiger partial charge in [-0.1, -0.05) is 12.1 Å². The number of rotatable bonds is 6. The molecule has 0 aliphatic rings. The molecule has 0 fully saturated rings. The summed E-state index contributed by atoms with van der Waals surface area (Å²) in [6, 6.07) is 12.9. The molecule has 0 saturated carbocycles. The molecule has 1 unspecified atom stereocenters. The van der Waals surface area contributed by atoms with Crippen molar-refractivity contribution in [3.63, 3.8) is 0 Å². The summed E-state index contributed by atoms with van der Waals surface area (Å²) in [6.07, 6.45) is -0.611. The predicted molar refractivity (Wildman–Crippen MR) is 96.9 cm³/mol. The van der Waals surface area contributed by atoms with Crippen molar-refractivity contribution in [2.45, 2.75) is 12.6 Å². The number of aliphatic hydroxyl groups excluding tert-OH is 1. The Bertz CT molecular complexity index is 811. The molecule has 124 valence electrons. The Kier molecular flexibility index (Phi) is 5.30. The van der Waals surface area contributed by atoms with Crippen molar-refractivity contribution in [1.29, 1.82) is 0 Å². The molecule has 1 aromatic carbocycles. The minimum Gasteiger partial charge on any atom is -0.496 e. The summed E-state index contributed by atoms with van der Waals surface area (Å²) in [6.45, 7) is 0.415. The molecule has 4 nitrogen and oxygen atoms in total. The first-order valence-electron chi connectivity index (χ1n) is 7.39. The number of hydrogen-bond donors (Lipinski definition) is 2. The minimum atomic E-state index is -0.611. The van der Waals surface area contributed by atoms with Gasteiger partial charge in [0, 0.05) is 9.75 Å². The van der Waals surface area contributed by atoms with Crippen molar-refractivity contribution >= 4 is 28.6 Å². The lowest BCUT2D eigenvalue weighted by molar-refractivity contribution is 0.0948. The van der Waals surface area contributed by atoms with E-state index in [9.17, 15) is 9.90 Å². The Labute approximate surface area is 148 Å². The maximum Gasteiger partial charge on any atom is 0.255 e. The molecule has 2 aromatic heterocycles. The van der Waals surface area contributed by atoms with Crippen molar-refractivity contribution in [3.05, 3.63) is 74.1 Å². The van der Waals surface area contributed by atoms with Gasteiger partial charge < -0.3 is 15.2 Å². The number of methoxy groups -OCH3 is 1. The van der Waals surface area contributed by atoms with Gasteiger partial charge in [0.1, 0.15) is 11.9 Å².